The number of methoxy groups -OCH3 is 1. The van der Waals surface area contributed by atoms with Crippen molar-refractivity contribution >= 4 is 39.1 Å². The van der Waals surface area contributed by atoms with Crippen LogP contribution < -0.4 is 14.4 Å². The molecule has 0 aliphatic heterocycles. The molecular weight excluding hydrogens is 490 g/mol. The number of ether oxygens (including phenoxy) is 1. The van der Waals surface area contributed by atoms with Gasteiger partial charge in [-0.05, 0) is 61.7 Å². The summed E-state index contributed by atoms with van der Waals surface area (Å²) in [4.78, 5) is 28.0. The molecule has 2 amide bonds. The number of rotatable bonds is 10. The normalized spacial score (nSPS) is 14.9. The van der Waals surface area contributed by atoms with Crippen molar-refractivity contribution < 1.29 is 22.7 Å². The van der Waals surface area contributed by atoms with Crippen LogP contribution in [0.25, 0.3) is 0 Å². The van der Waals surface area contributed by atoms with Crippen molar-refractivity contribution in [2.45, 2.75) is 51.2 Å². The highest BCUT2D eigenvalue weighted by atomic mass is 35.5. The number of hydrogen-bond donors (Lipinski definition) is 1. The zero-order valence-electron chi connectivity index (χ0n) is 20.2. The van der Waals surface area contributed by atoms with E-state index in [0.717, 1.165) is 41.8 Å². The second kappa shape index (κ2) is 11.8. The molecule has 1 atom stereocenters. The molecule has 190 valence electrons. The van der Waals surface area contributed by atoms with Crippen molar-refractivity contribution in [3.8, 4) is 5.75 Å². The van der Waals surface area contributed by atoms with Crippen LogP contribution in [0.1, 0.15) is 38.2 Å². The molecule has 0 spiro atoms. The predicted molar refractivity (Wildman–Crippen MR) is 137 cm³/mol. The zero-order valence-corrected chi connectivity index (χ0v) is 21.8. The molecular formula is C25H32ClN3O5S. The first-order valence-corrected chi connectivity index (χ1v) is 13.8. The maximum atomic E-state index is 13.5. The Kier molecular flexibility index (Phi) is 9.02. The van der Waals surface area contributed by atoms with Gasteiger partial charge < -0.3 is 15.0 Å². The number of nitrogens with zero attached hydrogens (tertiary/aromatic N) is 2. The van der Waals surface area contributed by atoms with Crippen LogP contribution in [0.5, 0.6) is 5.75 Å². The topological polar surface area (TPSA) is 96.0 Å². The van der Waals surface area contributed by atoms with Crippen LogP contribution in [0.4, 0.5) is 5.69 Å². The van der Waals surface area contributed by atoms with E-state index < -0.39 is 28.5 Å². The fourth-order valence-corrected chi connectivity index (χ4v) is 5.10. The lowest BCUT2D eigenvalue weighted by Gasteiger charge is -2.32. The van der Waals surface area contributed by atoms with Gasteiger partial charge in [-0.2, -0.15) is 0 Å². The molecule has 1 aliphatic carbocycles. The fraction of sp³-hybridized carbons (Fsp3) is 0.440. The molecule has 1 aliphatic rings. The number of benzene rings is 2. The van der Waals surface area contributed by atoms with Gasteiger partial charge in [-0.3, -0.25) is 13.9 Å². The minimum absolute atomic E-state index is 0.101. The highest BCUT2D eigenvalue weighted by molar-refractivity contribution is 7.92. The molecule has 1 unspecified atom stereocenters. The van der Waals surface area contributed by atoms with Gasteiger partial charge in [0, 0.05) is 17.6 Å². The lowest BCUT2D eigenvalue weighted by atomic mass is 10.1. The molecule has 1 fully saturated rings. The highest BCUT2D eigenvalue weighted by Gasteiger charge is 2.31. The largest absolute Gasteiger partial charge is 0.497 e. The Bertz CT molecular complexity index is 1120. The van der Waals surface area contributed by atoms with Crippen molar-refractivity contribution in [2.75, 3.05) is 24.2 Å². The number of sulfonamides is 1. The van der Waals surface area contributed by atoms with E-state index in [9.17, 15) is 18.0 Å². The number of carbonyl (C=O) groups is 2. The predicted octanol–water partition coefficient (Wildman–Crippen LogP) is 3.59. The monoisotopic (exact) mass is 521 g/mol. The second-order valence-electron chi connectivity index (χ2n) is 8.78. The molecule has 10 heteroatoms. The standard InChI is InChI=1S/C25H32ClN3O5S/c1-18(25(31)27-21-6-4-5-7-21)28(16-19-8-14-23(34-2)15-9-19)24(30)17-29(35(3,32)33)22-12-10-20(26)11-13-22/h8-15,18,21H,4-7,16-17H2,1-3H3,(H,27,31). The van der Waals surface area contributed by atoms with Gasteiger partial charge in [-0.1, -0.05) is 36.6 Å². The van der Waals surface area contributed by atoms with E-state index in [4.69, 9.17) is 16.3 Å². The summed E-state index contributed by atoms with van der Waals surface area (Å²) < 4.78 is 31.4. The Morgan fingerprint density at radius 3 is 2.23 bits per heavy atom. The number of carbonyl (C=O) groups excluding carboxylic acids is 2. The van der Waals surface area contributed by atoms with Crippen molar-refractivity contribution in [3.63, 3.8) is 0 Å². The van der Waals surface area contributed by atoms with E-state index >= 15 is 0 Å². The first-order chi connectivity index (χ1) is 16.6. The van der Waals surface area contributed by atoms with Crippen LogP contribution in [0.3, 0.4) is 0 Å². The Labute approximate surface area is 212 Å². The molecule has 2 aromatic rings. The summed E-state index contributed by atoms with van der Waals surface area (Å²) in [5, 5.41) is 3.49. The van der Waals surface area contributed by atoms with Gasteiger partial charge in [0.1, 0.15) is 18.3 Å². The summed E-state index contributed by atoms with van der Waals surface area (Å²) in [6.07, 6.45) is 5.02. The molecule has 0 aromatic heterocycles. The van der Waals surface area contributed by atoms with Crippen LogP contribution in [0.2, 0.25) is 5.02 Å². The van der Waals surface area contributed by atoms with Gasteiger partial charge in [0.15, 0.2) is 0 Å². The van der Waals surface area contributed by atoms with E-state index in [1.807, 2.05) is 12.1 Å². The molecule has 35 heavy (non-hydrogen) atoms. The van der Waals surface area contributed by atoms with Crippen LogP contribution in [-0.2, 0) is 26.2 Å². The van der Waals surface area contributed by atoms with Crippen molar-refractivity contribution in [2.24, 2.45) is 0 Å². The maximum Gasteiger partial charge on any atom is 0.244 e. The average Bonchev–Trinajstić information content (AvgIpc) is 3.34. The first-order valence-electron chi connectivity index (χ1n) is 11.5. The SMILES string of the molecule is COc1ccc(CN(C(=O)CN(c2ccc(Cl)cc2)S(C)(=O)=O)C(C)C(=O)NC2CCCC2)cc1. The third-order valence-electron chi connectivity index (χ3n) is 6.17. The Balaban J connectivity index is 1.86. The molecule has 0 saturated heterocycles. The van der Waals surface area contributed by atoms with Gasteiger partial charge >= 0.3 is 0 Å². The van der Waals surface area contributed by atoms with Gasteiger partial charge in [0.2, 0.25) is 21.8 Å². The van der Waals surface area contributed by atoms with Crippen LogP contribution in [0, 0.1) is 0 Å². The number of halogens is 1. The van der Waals surface area contributed by atoms with Gasteiger partial charge in [0.25, 0.3) is 0 Å². The summed E-state index contributed by atoms with van der Waals surface area (Å²) in [6.45, 7) is 1.36. The summed E-state index contributed by atoms with van der Waals surface area (Å²) in [7, 11) is -2.21. The molecule has 2 aromatic carbocycles. The minimum Gasteiger partial charge on any atom is -0.497 e. The number of hydrogen-bond acceptors (Lipinski definition) is 5. The number of amides is 2. The fourth-order valence-electron chi connectivity index (χ4n) is 4.12. The Morgan fingerprint density at radius 2 is 1.69 bits per heavy atom. The van der Waals surface area contributed by atoms with Gasteiger partial charge in [0.05, 0.1) is 19.1 Å². The van der Waals surface area contributed by atoms with Crippen molar-refractivity contribution in [3.05, 3.63) is 59.1 Å². The molecule has 0 radical (unpaired) electrons. The third kappa shape index (κ3) is 7.35. The van der Waals surface area contributed by atoms with E-state index in [1.165, 1.54) is 4.90 Å². The molecule has 1 N–H and O–H groups in total. The molecule has 3 rings (SSSR count). The average molecular weight is 522 g/mol. The summed E-state index contributed by atoms with van der Waals surface area (Å²) in [6, 6.07) is 12.7. The van der Waals surface area contributed by atoms with E-state index in [2.05, 4.69) is 5.32 Å². The maximum absolute atomic E-state index is 13.5. The quantitative estimate of drug-likeness (QED) is 0.515. The van der Waals surface area contributed by atoms with Crippen LogP contribution in [-0.4, -0.2) is 57.1 Å². The number of anilines is 1. The summed E-state index contributed by atoms with van der Waals surface area (Å²) >= 11 is 5.95. The van der Waals surface area contributed by atoms with E-state index in [0.29, 0.717) is 16.5 Å². The number of nitrogens with one attached hydrogen (secondary N) is 1. The zero-order chi connectivity index (χ0) is 25.6. The molecule has 0 bridgehead atoms. The highest BCUT2D eigenvalue weighted by Crippen LogP contribution is 2.22. The summed E-state index contributed by atoms with van der Waals surface area (Å²) in [5.74, 6) is -0.0731. The second-order valence-corrected chi connectivity index (χ2v) is 11.1. The first kappa shape index (κ1) is 26.8. The summed E-state index contributed by atoms with van der Waals surface area (Å²) in [5.41, 5.74) is 1.11. The lowest BCUT2D eigenvalue weighted by molar-refractivity contribution is -0.139. The van der Waals surface area contributed by atoms with E-state index in [-0.39, 0.29) is 18.5 Å². The van der Waals surface area contributed by atoms with Crippen LogP contribution in [0.15, 0.2) is 48.5 Å². The Hall–Kier alpha value is -2.78. The minimum atomic E-state index is -3.78. The smallest absolute Gasteiger partial charge is 0.244 e. The lowest BCUT2D eigenvalue weighted by Crippen LogP contribution is -2.52. The molecule has 8 nitrogen and oxygen atoms in total. The molecule has 0 heterocycles. The Morgan fingerprint density at radius 1 is 1.09 bits per heavy atom. The van der Waals surface area contributed by atoms with Crippen molar-refractivity contribution in [1.29, 1.82) is 0 Å². The van der Waals surface area contributed by atoms with E-state index in [1.54, 1.807) is 50.4 Å². The van der Waals surface area contributed by atoms with Crippen LogP contribution >= 0.6 is 11.6 Å². The van der Waals surface area contributed by atoms with Gasteiger partial charge in [-0.25, -0.2) is 8.42 Å². The third-order valence-corrected chi connectivity index (χ3v) is 7.57. The molecule has 1 saturated carbocycles. The van der Waals surface area contributed by atoms with Crippen molar-refractivity contribution in [1.82, 2.24) is 10.2 Å². The van der Waals surface area contributed by atoms with Gasteiger partial charge in [-0.15, -0.1) is 0 Å².